The van der Waals surface area contributed by atoms with Gasteiger partial charge in [0, 0.05) is 5.69 Å². The van der Waals surface area contributed by atoms with E-state index in [-0.39, 0.29) is 11.8 Å². The molecule has 0 fully saturated rings. The van der Waals surface area contributed by atoms with Crippen LogP contribution in [0.5, 0.6) is 0 Å². The van der Waals surface area contributed by atoms with Crippen LogP contribution in [0.1, 0.15) is 51.4 Å². The smallest absolute Gasteiger partial charge is 0.329 e. The molecule has 1 atom stereocenters. The zero-order valence-electron chi connectivity index (χ0n) is 14.0. The van der Waals surface area contributed by atoms with Crippen LogP contribution in [0.15, 0.2) is 24.3 Å². The SMILES string of the molecule is CC(C)C[C@H](NC(=O)c1ccccc1N)C(=O)OC(C)(C)C. The van der Waals surface area contributed by atoms with Gasteiger partial charge in [0.2, 0.25) is 0 Å². The number of esters is 1. The van der Waals surface area contributed by atoms with E-state index in [0.717, 1.165) is 0 Å². The van der Waals surface area contributed by atoms with E-state index < -0.39 is 17.6 Å². The predicted octanol–water partition coefficient (Wildman–Crippen LogP) is 2.76. The van der Waals surface area contributed by atoms with Crippen molar-refractivity contribution < 1.29 is 14.3 Å². The second-order valence-electron chi connectivity index (χ2n) is 6.78. The molecule has 1 aromatic carbocycles. The minimum atomic E-state index is -0.689. The third-order valence-corrected chi connectivity index (χ3v) is 2.91. The Labute approximate surface area is 132 Å². The Morgan fingerprint density at radius 2 is 1.82 bits per heavy atom. The van der Waals surface area contributed by atoms with Gasteiger partial charge in [0.15, 0.2) is 0 Å². The molecule has 1 aromatic rings. The number of rotatable bonds is 5. The molecule has 0 aromatic heterocycles. The molecule has 5 nitrogen and oxygen atoms in total. The van der Waals surface area contributed by atoms with Crippen LogP contribution in [0.4, 0.5) is 5.69 Å². The molecule has 0 saturated heterocycles. The fourth-order valence-corrected chi connectivity index (χ4v) is 2.00. The highest BCUT2D eigenvalue weighted by atomic mass is 16.6. The lowest BCUT2D eigenvalue weighted by molar-refractivity contribution is -0.157. The number of hydrogen-bond acceptors (Lipinski definition) is 4. The molecule has 1 amide bonds. The fourth-order valence-electron chi connectivity index (χ4n) is 2.00. The van der Waals surface area contributed by atoms with Crippen LogP contribution in [0.3, 0.4) is 0 Å². The Morgan fingerprint density at radius 1 is 1.23 bits per heavy atom. The third-order valence-electron chi connectivity index (χ3n) is 2.91. The van der Waals surface area contributed by atoms with E-state index in [1.54, 1.807) is 45.0 Å². The standard InChI is InChI=1S/C17H26N2O3/c1-11(2)10-14(16(21)22-17(3,4)5)19-15(20)12-8-6-7-9-13(12)18/h6-9,11,14H,10,18H2,1-5H3,(H,19,20)/t14-/m0/s1. The van der Waals surface area contributed by atoms with Crippen molar-refractivity contribution in [3.05, 3.63) is 29.8 Å². The summed E-state index contributed by atoms with van der Waals surface area (Å²) in [6, 6.07) is 6.08. The summed E-state index contributed by atoms with van der Waals surface area (Å²) in [6.07, 6.45) is 0.507. The summed E-state index contributed by atoms with van der Waals surface area (Å²) in [5.74, 6) is -0.551. The van der Waals surface area contributed by atoms with Gasteiger partial charge in [-0.3, -0.25) is 4.79 Å². The largest absolute Gasteiger partial charge is 0.458 e. The van der Waals surface area contributed by atoms with E-state index in [1.807, 2.05) is 13.8 Å². The Morgan fingerprint density at radius 3 is 2.32 bits per heavy atom. The van der Waals surface area contributed by atoms with Gasteiger partial charge in [-0.25, -0.2) is 4.79 Å². The van der Waals surface area contributed by atoms with Gasteiger partial charge in [-0.2, -0.15) is 0 Å². The summed E-state index contributed by atoms with van der Waals surface area (Å²) in [6.45, 7) is 9.37. The molecule has 0 heterocycles. The highest BCUT2D eigenvalue weighted by Gasteiger charge is 2.28. The van der Waals surface area contributed by atoms with E-state index in [4.69, 9.17) is 10.5 Å². The Kier molecular flexibility index (Phi) is 5.97. The van der Waals surface area contributed by atoms with Crippen molar-refractivity contribution in [1.29, 1.82) is 0 Å². The van der Waals surface area contributed by atoms with Gasteiger partial charge in [0.05, 0.1) is 5.56 Å². The van der Waals surface area contributed by atoms with Gasteiger partial charge in [0.1, 0.15) is 11.6 Å². The van der Waals surface area contributed by atoms with Gasteiger partial charge in [-0.05, 0) is 45.2 Å². The minimum Gasteiger partial charge on any atom is -0.458 e. The molecule has 0 aliphatic heterocycles. The lowest BCUT2D eigenvalue weighted by Crippen LogP contribution is -2.45. The highest BCUT2D eigenvalue weighted by Crippen LogP contribution is 2.15. The molecule has 0 unspecified atom stereocenters. The monoisotopic (exact) mass is 306 g/mol. The number of nitrogen functional groups attached to an aromatic ring is 1. The molecule has 3 N–H and O–H groups in total. The van der Waals surface area contributed by atoms with Crippen molar-refractivity contribution in [1.82, 2.24) is 5.32 Å². The molecule has 5 heteroatoms. The van der Waals surface area contributed by atoms with E-state index in [2.05, 4.69) is 5.32 Å². The Hall–Kier alpha value is -2.04. The number of carbonyl (C=O) groups excluding carboxylic acids is 2. The minimum absolute atomic E-state index is 0.242. The molecular weight excluding hydrogens is 280 g/mol. The van der Waals surface area contributed by atoms with E-state index in [0.29, 0.717) is 17.7 Å². The van der Waals surface area contributed by atoms with Crippen molar-refractivity contribution >= 4 is 17.6 Å². The first-order chi connectivity index (χ1) is 10.1. The molecule has 0 aliphatic carbocycles. The summed E-state index contributed by atoms with van der Waals surface area (Å²) >= 11 is 0. The highest BCUT2D eigenvalue weighted by molar-refractivity contribution is 6.00. The van der Waals surface area contributed by atoms with Crippen LogP contribution in [0, 0.1) is 5.92 Å². The van der Waals surface area contributed by atoms with Crippen molar-refractivity contribution in [2.45, 2.75) is 52.7 Å². The number of hydrogen-bond donors (Lipinski definition) is 2. The molecule has 0 radical (unpaired) electrons. The van der Waals surface area contributed by atoms with Crippen LogP contribution in [0.2, 0.25) is 0 Å². The number of ether oxygens (including phenoxy) is 1. The van der Waals surface area contributed by atoms with E-state index >= 15 is 0 Å². The fraction of sp³-hybridized carbons (Fsp3) is 0.529. The summed E-state index contributed by atoms with van der Waals surface area (Å²) in [5, 5.41) is 2.73. The first-order valence-corrected chi connectivity index (χ1v) is 7.48. The molecular formula is C17H26N2O3. The van der Waals surface area contributed by atoms with Gasteiger partial charge >= 0.3 is 5.97 Å². The maximum Gasteiger partial charge on any atom is 0.329 e. The van der Waals surface area contributed by atoms with Gasteiger partial charge in [0.25, 0.3) is 5.91 Å². The molecule has 122 valence electrons. The predicted molar refractivity (Wildman–Crippen MR) is 87.4 cm³/mol. The maximum atomic E-state index is 12.3. The van der Waals surface area contributed by atoms with Crippen LogP contribution in [-0.2, 0) is 9.53 Å². The lowest BCUT2D eigenvalue weighted by atomic mass is 10.0. The second-order valence-corrected chi connectivity index (χ2v) is 6.78. The van der Waals surface area contributed by atoms with Crippen LogP contribution >= 0.6 is 0 Å². The van der Waals surface area contributed by atoms with Gasteiger partial charge in [-0.1, -0.05) is 26.0 Å². The molecule has 22 heavy (non-hydrogen) atoms. The third kappa shape index (κ3) is 5.76. The number of para-hydroxylation sites is 1. The topological polar surface area (TPSA) is 81.4 Å². The molecule has 0 spiro atoms. The first-order valence-electron chi connectivity index (χ1n) is 7.48. The second kappa shape index (κ2) is 7.29. The molecule has 1 rings (SSSR count). The number of amides is 1. The number of nitrogens with one attached hydrogen (secondary N) is 1. The quantitative estimate of drug-likeness (QED) is 0.647. The maximum absolute atomic E-state index is 12.3. The molecule has 0 saturated carbocycles. The summed E-state index contributed by atoms with van der Waals surface area (Å²) < 4.78 is 5.38. The van der Waals surface area contributed by atoms with E-state index in [9.17, 15) is 9.59 Å². The van der Waals surface area contributed by atoms with Gasteiger partial charge < -0.3 is 15.8 Å². The Balaban J connectivity index is 2.87. The van der Waals surface area contributed by atoms with Gasteiger partial charge in [-0.15, -0.1) is 0 Å². The lowest BCUT2D eigenvalue weighted by Gasteiger charge is -2.25. The average molecular weight is 306 g/mol. The van der Waals surface area contributed by atoms with E-state index in [1.165, 1.54) is 0 Å². The number of carbonyl (C=O) groups is 2. The summed E-state index contributed by atoms with van der Waals surface area (Å²) in [5.41, 5.74) is 5.95. The van der Waals surface area contributed by atoms with Crippen molar-refractivity contribution in [2.75, 3.05) is 5.73 Å². The van der Waals surface area contributed by atoms with Crippen LogP contribution in [0.25, 0.3) is 0 Å². The average Bonchev–Trinajstić information content (AvgIpc) is 2.35. The summed E-state index contributed by atoms with van der Waals surface area (Å²) in [7, 11) is 0. The number of nitrogens with two attached hydrogens (primary N) is 1. The van der Waals surface area contributed by atoms with Crippen LogP contribution in [-0.4, -0.2) is 23.5 Å². The van der Waals surface area contributed by atoms with Crippen molar-refractivity contribution in [3.63, 3.8) is 0 Å². The first kappa shape index (κ1) is 18.0. The summed E-state index contributed by atoms with van der Waals surface area (Å²) in [4.78, 5) is 24.6. The number of benzene rings is 1. The molecule has 0 aliphatic rings. The molecule has 0 bridgehead atoms. The normalized spacial score (nSPS) is 12.8. The zero-order valence-corrected chi connectivity index (χ0v) is 14.0. The zero-order chi connectivity index (χ0) is 16.9. The number of anilines is 1. The van der Waals surface area contributed by atoms with Crippen LogP contribution < -0.4 is 11.1 Å². The van der Waals surface area contributed by atoms with Crippen molar-refractivity contribution in [3.8, 4) is 0 Å². The van der Waals surface area contributed by atoms with Crippen molar-refractivity contribution in [2.24, 2.45) is 5.92 Å². The Bertz CT molecular complexity index is 533.